The number of carbonyl (C=O) groups is 1. The van der Waals surface area contributed by atoms with Crippen LogP contribution in [-0.2, 0) is 9.47 Å². The predicted molar refractivity (Wildman–Crippen MR) is 57.8 cm³/mol. The first kappa shape index (κ1) is 11.7. The van der Waals surface area contributed by atoms with Crippen molar-refractivity contribution < 1.29 is 14.3 Å². The molecule has 0 aliphatic rings. The fourth-order valence-corrected chi connectivity index (χ4v) is 1.09. The van der Waals surface area contributed by atoms with Crippen molar-refractivity contribution in [2.45, 2.75) is 19.4 Å². The molecule has 0 amide bonds. The van der Waals surface area contributed by atoms with Crippen molar-refractivity contribution in [3.05, 3.63) is 35.9 Å². The van der Waals surface area contributed by atoms with E-state index in [2.05, 4.69) is 0 Å². The Bertz CT molecular complexity index is 295. The summed E-state index contributed by atoms with van der Waals surface area (Å²) in [5.41, 5.74) is 0.586. The molecule has 0 fully saturated rings. The maximum atomic E-state index is 11.5. The first-order valence-corrected chi connectivity index (χ1v) is 4.99. The van der Waals surface area contributed by atoms with Gasteiger partial charge in [-0.25, -0.2) is 4.79 Å². The Balaban J connectivity index is 2.31. The summed E-state index contributed by atoms with van der Waals surface area (Å²) >= 11 is 0. The average molecular weight is 208 g/mol. The molecule has 1 atom stereocenters. The second kappa shape index (κ2) is 6.19. The number of rotatable bonds is 5. The van der Waals surface area contributed by atoms with Crippen LogP contribution in [0, 0.1) is 0 Å². The van der Waals surface area contributed by atoms with Crippen molar-refractivity contribution >= 4 is 5.97 Å². The van der Waals surface area contributed by atoms with E-state index in [0.717, 1.165) is 6.42 Å². The van der Waals surface area contributed by atoms with E-state index in [1.54, 1.807) is 19.2 Å². The zero-order valence-electron chi connectivity index (χ0n) is 9.10. The van der Waals surface area contributed by atoms with E-state index in [-0.39, 0.29) is 12.1 Å². The van der Waals surface area contributed by atoms with Gasteiger partial charge in [0.2, 0.25) is 0 Å². The number of ether oxygens (including phenoxy) is 2. The molecule has 0 saturated heterocycles. The SMILES string of the molecule is CO[C@H](C)CCOC(=O)c1ccccc1. The van der Waals surface area contributed by atoms with Gasteiger partial charge in [0.25, 0.3) is 0 Å². The highest BCUT2D eigenvalue weighted by Crippen LogP contribution is 2.02. The number of esters is 1. The topological polar surface area (TPSA) is 35.5 Å². The second-order valence-electron chi connectivity index (χ2n) is 3.34. The summed E-state index contributed by atoms with van der Waals surface area (Å²) in [5, 5.41) is 0. The molecule has 0 bridgehead atoms. The van der Waals surface area contributed by atoms with E-state index in [1.165, 1.54) is 0 Å². The van der Waals surface area contributed by atoms with Crippen molar-refractivity contribution in [1.82, 2.24) is 0 Å². The lowest BCUT2D eigenvalue weighted by molar-refractivity contribution is 0.0391. The molecule has 1 aromatic rings. The molecule has 1 aromatic carbocycles. The van der Waals surface area contributed by atoms with Gasteiger partial charge in [-0.3, -0.25) is 0 Å². The van der Waals surface area contributed by atoms with Crippen LogP contribution in [0.4, 0.5) is 0 Å². The highest BCUT2D eigenvalue weighted by Gasteiger charge is 2.06. The van der Waals surface area contributed by atoms with Crippen LogP contribution in [0.15, 0.2) is 30.3 Å². The van der Waals surface area contributed by atoms with Crippen molar-refractivity contribution in [3.8, 4) is 0 Å². The van der Waals surface area contributed by atoms with Crippen LogP contribution in [0.1, 0.15) is 23.7 Å². The van der Waals surface area contributed by atoms with Crippen LogP contribution >= 0.6 is 0 Å². The standard InChI is InChI=1S/C12H16O3/c1-10(14-2)8-9-15-12(13)11-6-4-3-5-7-11/h3-7,10H,8-9H2,1-2H3/t10-/m1/s1. The van der Waals surface area contributed by atoms with Gasteiger partial charge in [-0.1, -0.05) is 18.2 Å². The molecule has 3 heteroatoms. The zero-order chi connectivity index (χ0) is 11.1. The lowest BCUT2D eigenvalue weighted by Gasteiger charge is -2.09. The zero-order valence-corrected chi connectivity index (χ0v) is 9.10. The van der Waals surface area contributed by atoms with E-state index >= 15 is 0 Å². The quantitative estimate of drug-likeness (QED) is 0.696. The highest BCUT2D eigenvalue weighted by molar-refractivity contribution is 5.89. The Labute approximate surface area is 90.0 Å². The molecule has 0 radical (unpaired) electrons. The summed E-state index contributed by atoms with van der Waals surface area (Å²) in [4.78, 5) is 11.5. The Morgan fingerprint density at radius 3 is 2.60 bits per heavy atom. The molecule has 3 nitrogen and oxygen atoms in total. The molecule has 1 rings (SSSR count). The summed E-state index contributed by atoms with van der Waals surface area (Å²) < 4.78 is 10.1. The molecule has 0 heterocycles. The smallest absolute Gasteiger partial charge is 0.338 e. The van der Waals surface area contributed by atoms with Crippen LogP contribution < -0.4 is 0 Å². The Morgan fingerprint density at radius 1 is 1.33 bits per heavy atom. The molecular weight excluding hydrogens is 192 g/mol. The van der Waals surface area contributed by atoms with E-state index in [4.69, 9.17) is 9.47 Å². The van der Waals surface area contributed by atoms with Crippen LogP contribution in [0.3, 0.4) is 0 Å². The van der Waals surface area contributed by atoms with E-state index in [0.29, 0.717) is 12.2 Å². The van der Waals surface area contributed by atoms with Gasteiger partial charge in [0.15, 0.2) is 0 Å². The third-order valence-corrected chi connectivity index (χ3v) is 2.17. The summed E-state index contributed by atoms with van der Waals surface area (Å²) in [7, 11) is 1.64. The number of hydrogen-bond acceptors (Lipinski definition) is 3. The monoisotopic (exact) mass is 208 g/mol. The second-order valence-corrected chi connectivity index (χ2v) is 3.34. The van der Waals surface area contributed by atoms with Crippen LogP contribution in [0.25, 0.3) is 0 Å². The Hall–Kier alpha value is -1.35. The van der Waals surface area contributed by atoms with Gasteiger partial charge in [-0.15, -0.1) is 0 Å². The molecule has 0 N–H and O–H groups in total. The van der Waals surface area contributed by atoms with Gasteiger partial charge in [0.1, 0.15) is 0 Å². The number of hydrogen-bond donors (Lipinski definition) is 0. The van der Waals surface area contributed by atoms with E-state index < -0.39 is 0 Å². The predicted octanol–water partition coefficient (Wildman–Crippen LogP) is 2.27. The van der Waals surface area contributed by atoms with Gasteiger partial charge < -0.3 is 9.47 Å². The van der Waals surface area contributed by atoms with Gasteiger partial charge in [0.05, 0.1) is 18.3 Å². The van der Waals surface area contributed by atoms with Gasteiger partial charge in [0, 0.05) is 13.5 Å². The van der Waals surface area contributed by atoms with Crippen molar-refractivity contribution in [2.75, 3.05) is 13.7 Å². The van der Waals surface area contributed by atoms with Crippen molar-refractivity contribution in [2.24, 2.45) is 0 Å². The Kier molecular flexibility index (Phi) is 4.84. The molecule has 0 saturated carbocycles. The van der Waals surface area contributed by atoms with E-state index in [9.17, 15) is 4.79 Å². The minimum Gasteiger partial charge on any atom is -0.462 e. The number of carbonyl (C=O) groups excluding carboxylic acids is 1. The largest absolute Gasteiger partial charge is 0.462 e. The molecule has 0 aromatic heterocycles. The molecule has 15 heavy (non-hydrogen) atoms. The summed E-state index contributed by atoms with van der Waals surface area (Å²) in [6.45, 7) is 2.33. The maximum Gasteiger partial charge on any atom is 0.338 e. The minimum atomic E-state index is -0.279. The molecule has 0 aliphatic heterocycles. The van der Waals surface area contributed by atoms with Crippen molar-refractivity contribution in [1.29, 1.82) is 0 Å². The molecule has 82 valence electrons. The fraction of sp³-hybridized carbons (Fsp3) is 0.417. The first-order valence-electron chi connectivity index (χ1n) is 4.99. The van der Waals surface area contributed by atoms with Crippen molar-refractivity contribution in [3.63, 3.8) is 0 Å². The van der Waals surface area contributed by atoms with Crippen LogP contribution in [0.5, 0.6) is 0 Å². The molecular formula is C12H16O3. The maximum absolute atomic E-state index is 11.5. The molecule has 0 aliphatic carbocycles. The van der Waals surface area contributed by atoms with Gasteiger partial charge in [-0.05, 0) is 19.1 Å². The molecule has 0 unspecified atom stereocenters. The fourth-order valence-electron chi connectivity index (χ4n) is 1.09. The van der Waals surface area contributed by atoms with Crippen LogP contribution in [0.2, 0.25) is 0 Å². The lowest BCUT2D eigenvalue weighted by atomic mass is 10.2. The summed E-state index contributed by atoms with van der Waals surface area (Å²) in [5.74, 6) is -0.279. The van der Waals surface area contributed by atoms with Gasteiger partial charge in [-0.2, -0.15) is 0 Å². The molecule has 0 spiro atoms. The minimum absolute atomic E-state index is 0.119. The van der Waals surface area contributed by atoms with Gasteiger partial charge >= 0.3 is 5.97 Å². The van der Waals surface area contributed by atoms with Crippen LogP contribution in [-0.4, -0.2) is 25.8 Å². The summed E-state index contributed by atoms with van der Waals surface area (Å²) in [6.07, 6.45) is 0.836. The average Bonchev–Trinajstić information content (AvgIpc) is 2.29. The third kappa shape index (κ3) is 4.13. The highest BCUT2D eigenvalue weighted by atomic mass is 16.5. The Morgan fingerprint density at radius 2 is 2.00 bits per heavy atom. The van der Waals surface area contributed by atoms with E-state index in [1.807, 2.05) is 25.1 Å². The summed E-state index contributed by atoms with van der Waals surface area (Å²) in [6, 6.07) is 8.97. The number of benzene rings is 1. The normalized spacial score (nSPS) is 12.1. The first-order chi connectivity index (χ1) is 7.24. The number of methoxy groups -OCH3 is 1. The lowest BCUT2D eigenvalue weighted by Crippen LogP contribution is -2.12. The third-order valence-electron chi connectivity index (χ3n) is 2.17.